The lowest BCUT2D eigenvalue weighted by Gasteiger charge is -2.26. The third kappa shape index (κ3) is 4.49. The molecule has 0 spiro atoms. The number of hydrogen-bond acceptors (Lipinski definition) is 4. The highest BCUT2D eigenvalue weighted by Gasteiger charge is 2.14. The summed E-state index contributed by atoms with van der Waals surface area (Å²) in [4.78, 5) is 19.0. The lowest BCUT2D eigenvalue weighted by atomic mass is 10.0. The molecule has 0 saturated carbocycles. The molecule has 0 saturated heterocycles. The molecule has 1 heterocycles. The van der Waals surface area contributed by atoms with Crippen LogP contribution in [0, 0.1) is 5.82 Å². The Morgan fingerprint density at radius 3 is 2.87 bits per heavy atom. The third-order valence-corrected chi connectivity index (χ3v) is 5.04. The fraction of sp³-hybridized carbons (Fsp3) is 0.167. The van der Waals surface area contributed by atoms with Gasteiger partial charge in [0.2, 0.25) is 0 Å². The average molecular weight is 403 g/mol. The first-order chi connectivity index (χ1) is 14.6. The molecule has 3 aromatic carbocycles. The molecule has 5 nitrogen and oxygen atoms in total. The van der Waals surface area contributed by atoms with Crippen molar-refractivity contribution in [2.45, 2.75) is 13.0 Å². The van der Waals surface area contributed by atoms with Crippen LogP contribution in [0.2, 0.25) is 0 Å². The number of phenolic OH excluding ortho intramolecular Hbond substituents is 1. The van der Waals surface area contributed by atoms with Gasteiger partial charge in [-0.2, -0.15) is 0 Å². The van der Waals surface area contributed by atoms with Crippen LogP contribution in [0.25, 0.3) is 10.8 Å². The summed E-state index contributed by atoms with van der Waals surface area (Å²) in [5, 5.41) is 14.3. The summed E-state index contributed by atoms with van der Waals surface area (Å²) in [5.74, 6) is -0.323. The maximum absolute atomic E-state index is 13.5. The number of aliphatic imine (C=N–C) groups is 1. The lowest BCUT2D eigenvalue weighted by Crippen LogP contribution is -2.29. The van der Waals surface area contributed by atoms with E-state index in [0.717, 1.165) is 16.6 Å². The van der Waals surface area contributed by atoms with E-state index in [-0.39, 0.29) is 17.5 Å². The highest BCUT2D eigenvalue weighted by atomic mass is 19.1. The number of phenols is 1. The molecule has 6 heteroatoms. The van der Waals surface area contributed by atoms with Gasteiger partial charge in [0.15, 0.2) is 0 Å². The number of halogens is 1. The number of benzene rings is 3. The zero-order chi connectivity index (χ0) is 20.9. The quantitative estimate of drug-likeness (QED) is 0.647. The van der Waals surface area contributed by atoms with Gasteiger partial charge in [-0.25, -0.2) is 4.39 Å². The molecule has 1 aliphatic heterocycles. The number of aromatic hydroxyl groups is 1. The van der Waals surface area contributed by atoms with E-state index in [0.29, 0.717) is 37.0 Å². The molecule has 3 aromatic rings. The lowest BCUT2D eigenvalue weighted by molar-refractivity contribution is 0.0955. The minimum absolute atomic E-state index is 0.127. The van der Waals surface area contributed by atoms with E-state index in [1.165, 1.54) is 12.1 Å². The van der Waals surface area contributed by atoms with Crippen molar-refractivity contribution < 1.29 is 14.3 Å². The minimum Gasteiger partial charge on any atom is -0.508 e. The first-order valence-electron chi connectivity index (χ1n) is 9.80. The molecule has 152 valence electrons. The van der Waals surface area contributed by atoms with Crippen LogP contribution in [-0.2, 0) is 6.54 Å². The van der Waals surface area contributed by atoms with E-state index >= 15 is 0 Å². The van der Waals surface area contributed by atoms with E-state index in [1.54, 1.807) is 36.7 Å². The summed E-state index contributed by atoms with van der Waals surface area (Å²) in [6, 6.07) is 17.0. The molecule has 0 atom stereocenters. The first kappa shape index (κ1) is 19.6. The van der Waals surface area contributed by atoms with Crippen LogP contribution in [0.5, 0.6) is 5.75 Å². The smallest absolute Gasteiger partial charge is 0.251 e. The van der Waals surface area contributed by atoms with Gasteiger partial charge < -0.3 is 15.3 Å². The molecule has 30 heavy (non-hydrogen) atoms. The zero-order valence-corrected chi connectivity index (χ0v) is 16.4. The van der Waals surface area contributed by atoms with Gasteiger partial charge in [-0.1, -0.05) is 30.3 Å². The summed E-state index contributed by atoms with van der Waals surface area (Å²) in [5.41, 5.74) is 2.41. The van der Waals surface area contributed by atoms with E-state index in [1.807, 2.05) is 29.2 Å². The Morgan fingerprint density at radius 1 is 1.13 bits per heavy atom. The number of amides is 1. The Labute approximate surface area is 174 Å². The molecular formula is C24H22FN3O2. The van der Waals surface area contributed by atoms with Crippen molar-refractivity contribution >= 4 is 23.0 Å². The summed E-state index contributed by atoms with van der Waals surface area (Å²) < 4.78 is 13.5. The summed E-state index contributed by atoms with van der Waals surface area (Å²) >= 11 is 0. The molecule has 0 radical (unpaired) electrons. The number of rotatable bonds is 6. The SMILES string of the molecule is O=C(NCCC1=CCN=CN1Cc1cccc(F)c1)c1cccc2ccc(O)cc12. The molecule has 1 aliphatic rings. The second-order valence-electron chi connectivity index (χ2n) is 7.15. The van der Waals surface area contributed by atoms with Crippen LogP contribution in [0.1, 0.15) is 22.3 Å². The Hall–Kier alpha value is -3.67. The van der Waals surface area contributed by atoms with Gasteiger partial charge in [0, 0.05) is 30.8 Å². The van der Waals surface area contributed by atoms with Gasteiger partial charge in [-0.3, -0.25) is 9.79 Å². The zero-order valence-electron chi connectivity index (χ0n) is 16.4. The number of nitrogens with zero attached hydrogens (tertiary/aromatic N) is 2. The largest absolute Gasteiger partial charge is 0.508 e. The number of fused-ring (bicyclic) bond motifs is 1. The summed E-state index contributed by atoms with van der Waals surface area (Å²) in [6.45, 7) is 1.56. The maximum Gasteiger partial charge on any atom is 0.251 e. The van der Waals surface area contributed by atoms with Crippen LogP contribution in [0.3, 0.4) is 0 Å². The van der Waals surface area contributed by atoms with Crippen molar-refractivity contribution in [3.8, 4) is 5.75 Å². The highest BCUT2D eigenvalue weighted by molar-refractivity contribution is 6.07. The Bertz CT molecular complexity index is 1140. The summed E-state index contributed by atoms with van der Waals surface area (Å²) in [6.07, 6.45) is 4.40. The molecule has 0 unspecified atom stereocenters. The highest BCUT2D eigenvalue weighted by Crippen LogP contribution is 2.23. The van der Waals surface area contributed by atoms with Crippen molar-refractivity contribution in [2.24, 2.45) is 4.99 Å². The number of nitrogens with one attached hydrogen (secondary N) is 1. The molecule has 2 N–H and O–H groups in total. The fourth-order valence-electron chi connectivity index (χ4n) is 3.57. The van der Waals surface area contributed by atoms with E-state index < -0.39 is 0 Å². The average Bonchev–Trinajstić information content (AvgIpc) is 2.74. The minimum atomic E-state index is -0.264. The standard InChI is InChI=1S/C24H22FN3O2/c25-19-5-1-3-17(13-19)15-28-16-26-11-9-20(28)10-12-27-24(30)22-6-2-4-18-7-8-21(29)14-23(18)22/h1-9,13-14,16,29H,10-12,15H2,(H,27,30). The predicted molar refractivity (Wildman–Crippen MR) is 116 cm³/mol. The summed E-state index contributed by atoms with van der Waals surface area (Å²) in [7, 11) is 0. The van der Waals surface area contributed by atoms with Crippen molar-refractivity contribution in [2.75, 3.05) is 13.1 Å². The van der Waals surface area contributed by atoms with Crippen LogP contribution < -0.4 is 5.32 Å². The maximum atomic E-state index is 13.5. The van der Waals surface area contributed by atoms with Crippen LogP contribution in [-0.4, -0.2) is 35.3 Å². The molecule has 0 bridgehead atoms. The predicted octanol–water partition coefficient (Wildman–Crippen LogP) is 4.23. The van der Waals surface area contributed by atoms with Gasteiger partial charge in [-0.15, -0.1) is 0 Å². The fourth-order valence-corrected chi connectivity index (χ4v) is 3.57. The Kier molecular flexibility index (Phi) is 5.75. The van der Waals surface area contributed by atoms with E-state index in [2.05, 4.69) is 10.3 Å². The molecular weight excluding hydrogens is 381 g/mol. The van der Waals surface area contributed by atoms with Crippen LogP contribution >= 0.6 is 0 Å². The second kappa shape index (κ2) is 8.78. The molecule has 0 fully saturated rings. The van der Waals surface area contributed by atoms with Crippen molar-refractivity contribution in [3.05, 3.63) is 89.4 Å². The first-order valence-corrected chi connectivity index (χ1v) is 9.80. The Morgan fingerprint density at radius 2 is 2.00 bits per heavy atom. The molecule has 0 aliphatic carbocycles. The second-order valence-corrected chi connectivity index (χ2v) is 7.15. The number of hydrogen-bond donors (Lipinski definition) is 2. The molecule has 4 rings (SSSR count). The number of carbonyl (C=O) groups excluding carboxylic acids is 1. The van der Waals surface area contributed by atoms with Crippen LogP contribution in [0.15, 0.2) is 77.4 Å². The van der Waals surface area contributed by atoms with E-state index in [9.17, 15) is 14.3 Å². The van der Waals surface area contributed by atoms with Crippen molar-refractivity contribution in [1.82, 2.24) is 10.2 Å². The van der Waals surface area contributed by atoms with Gasteiger partial charge in [0.25, 0.3) is 5.91 Å². The monoisotopic (exact) mass is 403 g/mol. The third-order valence-electron chi connectivity index (χ3n) is 5.04. The Balaban J connectivity index is 1.40. The van der Waals surface area contributed by atoms with Gasteiger partial charge in [0.1, 0.15) is 11.6 Å². The van der Waals surface area contributed by atoms with Crippen molar-refractivity contribution in [1.29, 1.82) is 0 Å². The van der Waals surface area contributed by atoms with E-state index in [4.69, 9.17) is 0 Å². The molecule has 0 aromatic heterocycles. The normalized spacial score (nSPS) is 13.4. The van der Waals surface area contributed by atoms with Gasteiger partial charge in [0.05, 0.1) is 12.9 Å². The van der Waals surface area contributed by atoms with Gasteiger partial charge >= 0.3 is 0 Å². The molecule has 1 amide bonds. The van der Waals surface area contributed by atoms with Crippen molar-refractivity contribution in [3.63, 3.8) is 0 Å². The van der Waals surface area contributed by atoms with Crippen LogP contribution in [0.4, 0.5) is 4.39 Å². The topological polar surface area (TPSA) is 64.9 Å². The van der Waals surface area contributed by atoms with Gasteiger partial charge in [-0.05, 0) is 52.7 Å². The number of carbonyl (C=O) groups is 1.